The summed E-state index contributed by atoms with van der Waals surface area (Å²) in [5, 5.41) is 2.52. The van der Waals surface area contributed by atoms with Crippen molar-refractivity contribution in [2.75, 3.05) is 6.61 Å². The zero-order valence-electron chi connectivity index (χ0n) is 13.3. The number of ether oxygens (including phenoxy) is 1. The molecule has 0 aromatic heterocycles. The van der Waals surface area contributed by atoms with Crippen molar-refractivity contribution in [3.8, 4) is 11.8 Å². The SMILES string of the molecule is CC#CCCC1[C@H](C)[C@H]1COC(=O)N[C@H](C(N)=O)C(C)C. The molecule has 1 aliphatic rings. The van der Waals surface area contributed by atoms with Gasteiger partial charge in [-0.25, -0.2) is 4.79 Å². The van der Waals surface area contributed by atoms with Crippen molar-refractivity contribution in [2.45, 2.75) is 46.6 Å². The zero-order valence-corrected chi connectivity index (χ0v) is 13.3. The van der Waals surface area contributed by atoms with Crippen LogP contribution in [0.5, 0.6) is 0 Å². The number of alkyl carbamates (subject to hydrolysis) is 1. The molecule has 1 fully saturated rings. The van der Waals surface area contributed by atoms with Gasteiger partial charge in [0.15, 0.2) is 0 Å². The van der Waals surface area contributed by atoms with Gasteiger partial charge in [-0.05, 0) is 37.0 Å². The fraction of sp³-hybridized carbons (Fsp3) is 0.750. The van der Waals surface area contributed by atoms with E-state index in [9.17, 15) is 9.59 Å². The molecule has 118 valence electrons. The van der Waals surface area contributed by atoms with Crippen LogP contribution in [-0.2, 0) is 9.53 Å². The van der Waals surface area contributed by atoms with Gasteiger partial charge in [0.2, 0.25) is 5.91 Å². The highest BCUT2D eigenvalue weighted by molar-refractivity contribution is 5.84. The van der Waals surface area contributed by atoms with Crippen LogP contribution in [0.25, 0.3) is 0 Å². The van der Waals surface area contributed by atoms with Gasteiger partial charge in [0.1, 0.15) is 6.04 Å². The Hall–Kier alpha value is -1.70. The third-order valence-corrected chi connectivity index (χ3v) is 4.19. The highest BCUT2D eigenvalue weighted by atomic mass is 16.5. The summed E-state index contributed by atoms with van der Waals surface area (Å²) >= 11 is 0. The second-order valence-electron chi connectivity index (χ2n) is 6.02. The predicted molar refractivity (Wildman–Crippen MR) is 81.1 cm³/mol. The van der Waals surface area contributed by atoms with E-state index in [1.165, 1.54) is 0 Å². The lowest BCUT2D eigenvalue weighted by Crippen LogP contribution is -2.48. The van der Waals surface area contributed by atoms with E-state index in [-0.39, 0.29) is 5.92 Å². The number of hydrogen-bond acceptors (Lipinski definition) is 3. The van der Waals surface area contributed by atoms with E-state index in [0.29, 0.717) is 24.4 Å². The molecule has 0 heterocycles. The van der Waals surface area contributed by atoms with Crippen LogP contribution in [0.3, 0.4) is 0 Å². The Balaban J connectivity index is 2.30. The maximum absolute atomic E-state index is 11.7. The van der Waals surface area contributed by atoms with Crippen LogP contribution in [0, 0.1) is 35.5 Å². The van der Waals surface area contributed by atoms with Gasteiger partial charge in [-0.15, -0.1) is 11.8 Å². The zero-order chi connectivity index (χ0) is 16.0. The summed E-state index contributed by atoms with van der Waals surface area (Å²) < 4.78 is 5.21. The molecule has 5 heteroatoms. The lowest BCUT2D eigenvalue weighted by molar-refractivity contribution is -0.120. The van der Waals surface area contributed by atoms with Crippen molar-refractivity contribution in [3.05, 3.63) is 0 Å². The minimum atomic E-state index is -0.690. The average Bonchev–Trinajstić information content (AvgIpc) is 3.02. The molecule has 0 spiro atoms. The van der Waals surface area contributed by atoms with Crippen molar-refractivity contribution < 1.29 is 14.3 Å². The Morgan fingerprint density at radius 1 is 1.33 bits per heavy atom. The molecule has 5 nitrogen and oxygen atoms in total. The number of nitrogens with one attached hydrogen (secondary N) is 1. The first-order valence-electron chi connectivity index (χ1n) is 7.50. The molecule has 21 heavy (non-hydrogen) atoms. The molecule has 1 unspecified atom stereocenters. The van der Waals surface area contributed by atoms with Crippen molar-refractivity contribution in [3.63, 3.8) is 0 Å². The van der Waals surface area contributed by atoms with E-state index in [1.807, 2.05) is 20.8 Å². The Bertz CT molecular complexity index is 437. The number of amides is 2. The molecule has 2 amide bonds. The van der Waals surface area contributed by atoms with Crippen molar-refractivity contribution in [1.82, 2.24) is 5.32 Å². The number of carbonyl (C=O) groups is 2. The molecule has 1 aliphatic carbocycles. The molecule has 1 saturated carbocycles. The second kappa shape index (κ2) is 7.92. The molecule has 0 aliphatic heterocycles. The maximum Gasteiger partial charge on any atom is 0.407 e. The summed E-state index contributed by atoms with van der Waals surface area (Å²) in [6, 6.07) is -0.690. The quantitative estimate of drug-likeness (QED) is 0.704. The van der Waals surface area contributed by atoms with Crippen molar-refractivity contribution in [1.29, 1.82) is 0 Å². The lowest BCUT2D eigenvalue weighted by Gasteiger charge is -2.18. The Morgan fingerprint density at radius 2 is 2.00 bits per heavy atom. The summed E-state index contributed by atoms with van der Waals surface area (Å²) in [6.07, 6.45) is 1.37. The van der Waals surface area contributed by atoms with E-state index in [0.717, 1.165) is 12.8 Å². The molecule has 0 radical (unpaired) electrons. The monoisotopic (exact) mass is 294 g/mol. The molecule has 0 aromatic rings. The Morgan fingerprint density at radius 3 is 2.52 bits per heavy atom. The molecule has 3 N–H and O–H groups in total. The highest BCUT2D eigenvalue weighted by Gasteiger charge is 2.46. The summed E-state index contributed by atoms with van der Waals surface area (Å²) in [4.78, 5) is 22.9. The second-order valence-corrected chi connectivity index (χ2v) is 6.02. The number of nitrogens with two attached hydrogens (primary N) is 1. The van der Waals surface area contributed by atoms with Gasteiger partial charge in [0.05, 0.1) is 6.61 Å². The van der Waals surface area contributed by atoms with Crippen LogP contribution in [0.2, 0.25) is 0 Å². The Labute approximate surface area is 127 Å². The summed E-state index contributed by atoms with van der Waals surface area (Å²) in [6.45, 7) is 8.04. The molecule has 0 saturated heterocycles. The number of primary amides is 1. The fourth-order valence-corrected chi connectivity index (χ4v) is 2.66. The van der Waals surface area contributed by atoms with E-state index >= 15 is 0 Å². The van der Waals surface area contributed by atoms with E-state index in [1.54, 1.807) is 0 Å². The molecular formula is C16H26N2O3. The third-order valence-electron chi connectivity index (χ3n) is 4.19. The maximum atomic E-state index is 11.7. The predicted octanol–water partition coefficient (Wildman–Crippen LogP) is 1.91. The van der Waals surface area contributed by atoms with Crippen LogP contribution in [0.4, 0.5) is 4.79 Å². The minimum absolute atomic E-state index is 0.0599. The Kier molecular flexibility index (Phi) is 6.54. The van der Waals surface area contributed by atoms with Crippen LogP contribution >= 0.6 is 0 Å². The first kappa shape index (κ1) is 17.4. The third kappa shape index (κ3) is 5.30. The number of rotatable bonds is 7. The molecule has 1 rings (SSSR count). The van der Waals surface area contributed by atoms with Gasteiger partial charge in [0, 0.05) is 6.42 Å². The first-order chi connectivity index (χ1) is 9.88. The topological polar surface area (TPSA) is 81.4 Å². The van der Waals surface area contributed by atoms with E-state index in [2.05, 4.69) is 24.1 Å². The van der Waals surface area contributed by atoms with Crippen LogP contribution in [0.1, 0.15) is 40.5 Å². The van der Waals surface area contributed by atoms with Crippen LogP contribution in [-0.4, -0.2) is 24.6 Å². The summed E-state index contributed by atoms with van der Waals surface area (Å²) in [5.41, 5.74) is 5.24. The van der Waals surface area contributed by atoms with Crippen molar-refractivity contribution in [2.24, 2.45) is 29.4 Å². The minimum Gasteiger partial charge on any atom is -0.449 e. The normalized spacial score (nSPS) is 24.7. The summed E-state index contributed by atoms with van der Waals surface area (Å²) in [7, 11) is 0. The van der Waals surface area contributed by atoms with E-state index < -0.39 is 18.0 Å². The molecule has 0 aromatic carbocycles. The van der Waals surface area contributed by atoms with Gasteiger partial charge >= 0.3 is 6.09 Å². The van der Waals surface area contributed by atoms with E-state index in [4.69, 9.17) is 10.5 Å². The van der Waals surface area contributed by atoms with Crippen LogP contribution in [0.15, 0.2) is 0 Å². The lowest BCUT2D eigenvalue weighted by atomic mass is 10.0. The number of hydrogen-bond donors (Lipinski definition) is 2. The summed E-state index contributed by atoms with van der Waals surface area (Å²) in [5.74, 6) is 6.88. The van der Waals surface area contributed by atoms with Gasteiger partial charge in [-0.3, -0.25) is 4.79 Å². The average molecular weight is 294 g/mol. The van der Waals surface area contributed by atoms with Crippen LogP contribution < -0.4 is 11.1 Å². The van der Waals surface area contributed by atoms with Gasteiger partial charge in [0.25, 0.3) is 0 Å². The first-order valence-corrected chi connectivity index (χ1v) is 7.50. The molecule has 4 atom stereocenters. The standard InChI is InChI=1S/C16H26N2O3/c1-5-6-7-8-12-11(4)13(12)9-21-16(20)18-14(10(2)3)15(17)19/h10-14H,7-9H2,1-4H3,(H2,17,19)(H,18,20)/t11-,12?,13+,14-/m0/s1. The number of carbonyl (C=O) groups excluding carboxylic acids is 2. The smallest absolute Gasteiger partial charge is 0.407 e. The fourth-order valence-electron chi connectivity index (χ4n) is 2.66. The largest absolute Gasteiger partial charge is 0.449 e. The van der Waals surface area contributed by atoms with Crippen molar-refractivity contribution >= 4 is 12.0 Å². The molecular weight excluding hydrogens is 268 g/mol. The highest BCUT2D eigenvalue weighted by Crippen LogP contribution is 2.48. The molecule has 0 bridgehead atoms. The van der Waals surface area contributed by atoms with Gasteiger partial charge in [-0.2, -0.15) is 0 Å². The van der Waals surface area contributed by atoms with Gasteiger partial charge < -0.3 is 15.8 Å². The van der Waals surface area contributed by atoms with Gasteiger partial charge in [-0.1, -0.05) is 20.8 Å².